The molecule has 1 N–H and O–H groups in total. The number of pyridine rings is 1. The third-order valence-electron chi connectivity index (χ3n) is 4.80. The molecule has 4 rings (SSSR count). The monoisotopic (exact) mass is 489 g/mol. The SMILES string of the molecule is COc1cc(CS(=O)c2nc3cc(OC)c(OC(F)F)cc3[nH]2)ncc1OCc1ccccc1. The number of benzene rings is 2. The van der Waals surface area contributed by atoms with Crippen molar-refractivity contribution in [3.63, 3.8) is 0 Å². The lowest BCUT2D eigenvalue weighted by Gasteiger charge is -2.11. The van der Waals surface area contributed by atoms with Crippen LogP contribution in [-0.2, 0) is 23.2 Å². The Balaban J connectivity index is 1.50. The molecule has 8 nitrogen and oxygen atoms in total. The van der Waals surface area contributed by atoms with Crippen LogP contribution < -0.4 is 18.9 Å². The van der Waals surface area contributed by atoms with Gasteiger partial charge in [0.1, 0.15) is 6.61 Å². The van der Waals surface area contributed by atoms with Crippen LogP contribution in [0, 0.1) is 0 Å². The van der Waals surface area contributed by atoms with Gasteiger partial charge in [-0.3, -0.25) is 9.19 Å². The molecule has 4 aromatic rings. The predicted molar refractivity (Wildman–Crippen MR) is 121 cm³/mol. The van der Waals surface area contributed by atoms with E-state index in [9.17, 15) is 13.0 Å². The van der Waals surface area contributed by atoms with Crippen molar-refractivity contribution in [2.45, 2.75) is 24.1 Å². The van der Waals surface area contributed by atoms with E-state index in [1.165, 1.54) is 32.5 Å². The summed E-state index contributed by atoms with van der Waals surface area (Å²) in [6.45, 7) is -2.66. The number of halogens is 2. The highest BCUT2D eigenvalue weighted by atomic mass is 32.2. The van der Waals surface area contributed by atoms with Crippen LogP contribution in [0.1, 0.15) is 11.3 Å². The molecule has 0 aliphatic rings. The van der Waals surface area contributed by atoms with Crippen molar-refractivity contribution in [3.05, 3.63) is 66.0 Å². The van der Waals surface area contributed by atoms with E-state index in [1.54, 1.807) is 6.07 Å². The standard InChI is InChI=1S/C23H21F2N3O5S/c1-30-18-8-15(26-11-21(18)32-12-14-6-4-3-5-7-14)13-34(29)23-27-16-9-19(31-2)20(33-22(24)25)10-17(16)28-23/h3-11,22H,12-13H2,1-2H3,(H,27,28). The van der Waals surface area contributed by atoms with Crippen molar-refractivity contribution in [2.24, 2.45) is 0 Å². The molecule has 2 heterocycles. The van der Waals surface area contributed by atoms with Crippen LogP contribution in [0.25, 0.3) is 11.0 Å². The number of nitrogens with one attached hydrogen (secondary N) is 1. The molecule has 0 amide bonds. The van der Waals surface area contributed by atoms with Crippen LogP contribution in [0.3, 0.4) is 0 Å². The highest BCUT2D eigenvalue weighted by Crippen LogP contribution is 2.33. The van der Waals surface area contributed by atoms with Gasteiger partial charge in [-0.1, -0.05) is 30.3 Å². The van der Waals surface area contributed by atoms with Gasteiger partial charge in [0, 0.05) is 18.2 Å². The molecule has 178 valence electrons. The normalized spacial score (nSPS) is 12.0. The maximum absolute atomic E-state index is 12.9. The first-order chi connectivity index (χ1) is 16.5. The van der Waals surface area contributed by atoms with E-state index in [0.717, 1.165) is 5.56 Å². The van der Waals surface area contributed by atoms with Gasteiger partial charge in [-0.15, -0.1) is 0 Å². The van der Waals surface area contributed by atoms with E-state index in [2.05, 4.69) is 19.7 Å². The fraction of sp³-hybridized carbons (Fsp3) is 0.217. The summed E-state index contributed by atoms with van der Waals surface area (Å²) in [5, 5.41) is 0.163. The minimum atomic E-state index is -3.01. The lowest BCUT2D eigenvalue weighted by atomic mass is 10.2. The van der Waals surface area contributed by atoms with Crippen molar-refractivity contribution in [3.8, 4) is 23.0 Å². The van der Waals surface area contributed by atoms with Crippen LogP contribution >= 0.6 is 0 Å². The van der Waals surface area contributed by atoms with Crippen molar-refractivity contribution in [1.29, 1.82) is 0 Å². The molecule has 0 bridgehead atoms. The molecule has 2 aromatic heterocycles. The molecule has 0 aliphatic carbocycles. The molecule has 2 aromatic carbocycles. The number of hydrogen-bond donors (Lipinski definition) is 1. The number of H-pyrrole nitrogens is 1. The molecular weight excluding hydrogens is 468 g/mol. The zero-order chi connectivity index (χ0) is 24.1. The van der Waals surface area contributed by atoms with Gasteiger partial charge in [-0.2, -0.15) is 8.78 Å². The first-order valence-electron chi connectivity index (χ1n) is 10.1. The first kappa shape index (κ1) is 23.4. The van der Waals surface area contributed by atoms with Gasteiger partial charge in [0.05, 0.1) is 53.7 Å². The number of methoxy groups -OCH3 is 2. The molecule has 0 spiro atoms. The lowest BCUT2D eigenvalue weighted by Crippen LogP contribution is -2.03. The maximum Gasteiger partial charge on any atom is 0.387 e. The van der Waals surface area contributed by atoms with Crippen molar-refractivity contribution >= 4 is 21.8 Å². The number of alkyl halides is 2. The predicted octanol–water partition coefficient (Wildman–Crippen LogP) is 4.46. The molecule has 0 saturated carbocycles. The lowest BCUT2D eigenvalue weighted by molar-refractivity contribution is -0.0511. The Labute approximate surface area is 196 Å². The number of imidazole rings is 1. The largest absolute Gasteiger partial charge is 0.493 e. The molecule has 0 aliphatic heterocycles. The second kappa shape index (κ2) is 10.5. The summed E-state index contributed by atoms with van der Waals surface area (Å²) < 4.78 is 59.0. The fourth-order valence-electron chi connectivity index (χ4n) is 3.20. The highest BCUT2D eigenvalue weighted by molar-refractivity contribution is 7.84. The number of ether oxygens (including phenoxy) is 4. The average Bonchev–Trinajstić information content (AvgIpc) is 3.26. The summed E-state index contributed by atoms with van der Waals surface area (Å²) >= 11 is 0. The zero-order valence-electron chi connectivity index (χ0n) is 18.3. The molecular formula is C23H21F2N3O5S. The van der Waals surface area contributed by atoms with E-state index in [4.69, 9.17) is 14.2 Å². The van der Waals surface area contributed by atoms with Crippen LogP contribution in [0.2, 0.25) is 0 Å². The zero-order valence-corrected chi connectivity index (χ0v) is 19.1. The maximum atomic E-state index is 12.9. The van der Waals surface area contributed by atoms with Gasteiger partial charge in [-0.05, 0) is 5.56 Å². The molecule has 11 heteroatoms. The van der Waals surface area contributed by atoms with Gasteiger partial charge < -0.3 is 23.9 Å². The van der Waals surface area contributed by atoms with Crippen molar-refractivity contribution in [2.75, 3.05) is 14.2 Å². The second-order valence-corrected chi connectivity index (χ2v) is 8.40. The number of aromatic nitrogens is 3. The van der Waals surface area contributed by atoms with Gasteiger partial charge in [0.15, 0.2) is 28.2 Å². The van der Waals surface area contributed by atoms with E-state index in [0.29, 0.717) is 34.8 Å². The Hall–Kier alpha value is -3.73. The Kier molecular flexibility index (Phi) is 7.21. The van der Waals surface area contributed by atoms with Gasteiger partial charge in [-0.25, -0.2) is 4.98 Å². The summed E-state index contributed by atoms with van der Waals surface area (Å²) in [4.78, 5) is 11.5. The van der Waals surface area contributed by atoms with Crippen LogP contribution in [0.5, 0.6) is 23.0 Å². The summed E-state index contributed by atoms with van der Waals surface area (Å²) in [7, 11) is 1.24. The number of aromatic amines is 1. The Morgan fingerprint density at radius 3 is 2.44 bits per heavy atom. The second-order valence-electron chi connectivity index (χ2n) is 7.03. The van der Waals surface area contributed by atoms with Crippen molar-refractivity contribution in [1.82, 2.24) is 15.0 Å². The molecule has 34 heavy (non-hydrogen) atoms. The number of nitrogens with zero attached hydrogens (tertiary/aromatic N) is 2. The first-order valence-corrected chi connectivity index (χ1v) is 11.4. The van der Waals surface area contributed by atoms with Gasteiger partial charge >= 0.3 is 6.61 Å². The smallest absolute Gasteiger partial charge is 0.387 e. The number of hydrogen-bond acceptors (Lipinski definition) is 7. The minimum Gasteiger partial charge on any atom is -0.493 e. The van der Waals surface area contributed by atoms with Crippen molar-refractivity contribution < 1.29 is 31.9 Å². The summed E-state index contributed by atoms with van der Waals surface area (Å²) in [5.41, 5.74) is 2.28. The molecule has 0 fully saturated rings. The molecule has 0 saturated heterocycles. The number of rotatable bonds is 10. The third-order valence-corrected chi connectivity index (χ3v) is 5.98. The topological polar surface area (TPSA) is 95.6 Å². The Morgan fingerprint density at radius 1 is 1.00 bits per heavy atom. The minimum absolute atomic E-state index is 0.0483. The number of fused-ring (bicyclic) bond motifs is 1. The van der Waals surface area contributed by atoms with E-state index in [-0.39, 0.29) is 22.4 Å². The fourth-order valence-corrected chi connectivity index (χ4v) is 4.19. The summed E-state index contributed by atoms with van der Waals surface area (Å²) in [6.07, 6.45) is 1.52. The Bertz CT molecular complexity index is 1300. The summed E-state index contributed by atoms with van der Waals surface area (Å²) in [5.74, 6) is 0.911. The van der Waals surface area contributed by atoms with E-state index < -0.39 is 17.4 Å². The van der Waals surface area contributed by atoms with E-state index in [1.807, 2.05) is 30.3 Å². The van der Waals surface area contributed by atoms with Gasteiger partial charge in [0.25, 0.3) is 0 Å². The molecule has 1 unspecified atom stereocenters. The average molecular weight is 490 g/mol. The molecule has 1 atom stereocenters. The van der Waals surface area contributed by atoms with E-state index >= 15 is 0 Å². The van der Waals surface area contributed by atoms with Crippen LogP contribution in [0.15, 0.2) is 59.9 Å². The third kappa shape index (κ3) is 5.42. The quantitative estimate of drug-likeness (QED) is 0.351. The highest BCUT2D eigenvalue weighted by Gasteiger charge is 2.18. The van der Waals surface area contributed by atoms with Crippen LogP contribution in [0.4, 0.5) is 8.78 Å². The Morgan fingerprint density at radius 2 is 1.74 bits per heavy atom. The molecule has 0 radical (unpaired) electrons. The van der Waals surface area contributed by atoms with Gasteiger partial charge in [0.2, 0.25) is 0 Å². The van der Waals surface area contributed by atoms with Crippen LogP contribution in [-0.4, -0.2) is 40.0 Å². The summed E-state index contributed by atoms with van der Waals surface area (Å²) in [6, 6.07) is 14.1.